The lowest BCUT2D eigenvalue weighted by molar-refractivity contribution is 1.63. The van der Waals surface area contributed by atoms with E-state index in [9.17, 15) is 0 Å². The van der Waals surface area contributed by atoms with Crippen molar-refractivity contribution in [1.29, 1.82) is 0 Å². The zero-order chi connectivity index (χ0) is 34.4. The van der Waals surface area contributed by atoms with Crippen LogP contribution in [0.25, 0.3) is 54.9 Å². The van der Waals surface area contributed by atoms with Crippen LogP contribution in [0.3, 0.4) is 0 Å². The van der Waals surface area contributed by atoms with Crippen LogP contribution in [0.4, 0.5) is 0 Å². The smallest absolute Gasteiger partial charge is 0.0622 e. The molecule has 6 rings (SSSR count). The van der Waals surface area contributed by atoms with E-state index in [1.165, 1.54) is 18.2 Å². The molecule has 0 heteroatoms. The van der Waals surface area contributed by atoms with Gasteiger partial charge in [-0.3, -0.25) is 0 Å². The number of rotatable bonds is 3. The highest BCUT2D eigenvalue weighted by Gasteiger charge is 2.17. The Morgan fingerprint density at radius 3 is 1.34 bits per heavy atom. The monoisotopic (exact) mass is 421 g/mol. The lowest BCUT2D eigenvalue weighted by Gasteiger charge is -2.18. The fraction of sp³-hybridized carbons (Fsp3) is 0. The predicted octanol–water partition coefficient (Wildman–Crippen LogP) is 8.99. The zero-order valence-electron chi connectivity index (χ0n) is 31.5. The molecule has 150 valence electrons. The van der Waals surface area contributed by atoms with Crippen LogP contribution in [0, 0.1) is 0 Å². The lowest BCUT2D eigenvalue weighted by Crippen LogP contribution is -1.91. The van der Waals surface area contributed by atoms with Crippen LogP contribution in [0.1, 0.15) is 20.6 Å². The summed E-state index contributed by atoms with van der Waals surface area (Å²) in [6, 6.07) is 2.92. The molecule has 0 heterocycles. The van der Waals surface area contributed by atoms with Gasteiger partial charge in [0.15, 0.2) is 0 Å². The standard InChI is InChI=1S/C32H22/c1-4-12-23(13-5-1)26-20-21-29-30(22-26)32(25-16-8-3-9-17-25)28-19-11-10-18-27(28)31(29)24-14-6-2-7-15-24/h1-22H/i1D,2D,3D,4D,5D,6D,7D,8D,9D,12D,13D,14D,15D,16D,17D. The average molecular weight is 422 g/mol. The Labute approximate surface area is 209 Å². The fourth-order valence-electron chi connectivity index (χ4n) is 4.02. The van der Waals surface area contributed by atoms with Gasteiger partial charge in [-0.2, -0.15) is 0 Å². The molecule has 0 aliphatic rings. The maximum atomic E-state index is 8.82. The lowest BCUT2D eigenvalue weighted by atomic mass is 9.85. The third kappa shape index (κ3) is 3.09. The minimum Gasteiger partial charge on any atom is -0.0622 e. The molecule has 0 saturated heterocycles. The summed E-state index contributed by atoms with van der Waals surface area (Å²) in [5.41, 5.74) is 0.116. The van der Waals surface area contributed by atoms with Gasteiger partial charge in [0.25, 0.3) is 0 Å². The quantitative estimate of drug-likeness (QED) is 0.250. The molecule has 0 aromatic heterocycles. The molecule has 32 heavy (non-hydrogen) atoms. The SMILES string of the molecule is [2H]c1c([2H])c([2H])c(-c2ccc3c(-c4c([2H])c([2H])c([2H])c([2H])c4[2H])c4ccccc4c(-c4c([2H])c([2H])c([2H])c([2H])c4[2H])c3c2)c([2H])c1[2H]. The minimum atomic E-state index is -0.604. The molecule has 0 spiro atoms. The molecule has 0 nitrogen and oxygen atoms in total. The van der Waals surface area contributed by atoms with Gasteiger partial charge in [0.05, 0.1) is 20.6 Å². The summed E-state index contributed by atoms with van der Waals surface area (Å²) in [5.74, 6) is 0. The van der Waals surface area contributed by atoms with Gasteiger partial charge < -0.3 is 0 Å². The van der Waals surface area contributed by atoms with Gasteiger partial charge in [0.2, 0.25) is 0 Å². The first-order valence-electron chi connectivity index (χ1n) is 17.3. The van der Waals surface area contributed by atoms with Crippen LogP contribution in [-0.2, 0) is 0 Å². The second kappa shape index (κ2) is 7.83. The van der Waals surface area contributed by atoms with Gasteiger partial charge >= 0.3 is 0 Å². The third-order valence-electron chi connectivity index (χ3n) is 5.31. The molecule has 6 aromatic rings. The predicted molar refractivity (Wildman–Crippen MR) is 138 cm³/mol. The van der Waals surface area contributed by atoms with Crippen LogP contribution in [0.15, 0.2) is 133 Å². The van der Waals surface area contributed by atoms with Crippen molar-refractivity contribution in [3.8, 4) is 33.4 Å². The second-order valence-electron chi connectivity index (χ2n) is 7.06. The number of hydrogen-bond donors (Lipinski definition) is 0. The Kier molecular flexibility index (Phi) is 2.14. The van der Waals surface area contributed by atoms with E-state index in [1.807, 2.05) is 0 Å². The van der Waals surface area contributed by atoms with Crippen LogP contribution >= 0.6 is 0 Å². The van der Waals surface area contributed by atoms with E-state index in [0.717, 1.165) is 0 Å². The second-order valence-corrected chi connectivity index (χ2v) is 7.06. The highest BCUT2D eigenvalue weighted by molar-refractivity contribution is 6.21. The summed E-state index contributed by atoms with van der Waals surface area (Å²) in [7, 11) is 0. The summed E-state index contributed by atoms with van der Waals surface area (Å²) >= 11 is 0. The average Bonchev–Trinajstić information content (AvgIpc) is 3.07. The molecule has 0 aliphatic carbocycles. The first-order chi connectivity index (χ1) is 22.1. The maximum absolute atomic E-state index is 8.82. The summed E-state index contributed by atoms with van der Waals surface area (Å²) in [5, 5.41) is 1.18. The van der Waals surface area contributed by atoms with E-state index in [2.05, 4.69) is 0 Å². The van der Waals surface area contributed by atoms with E-state index in [-0.39, 0.29) is 44.2 Å². The number of hydrogen-bond acceptors (Lipinski definition) is 0. The van der Waals surface area contributed by atoms with Crippen molar-refractivity contribution in [3.63, 3.8) is 0 Å². The molecule has 0 fully saturated rings. The largest absolute Gasteiger partial charge is 0.0629 e. The van der Waals surface area contributed by atoms with Gasteiger partial charge in [-0.15, -0.1) is 0 Å². The summed E-state index contributed by atoms with van der Waals surface area (Å²) in [6.45, 7) is 0. The zero-order valence-corrected chi connectivity index (χ0v) is 16.5. The van der Waals surface area contributed by atoms with E-state index >= 15 is 0 Å². The van der Waals surface area contributed by atoms with Crippen molar-refractivity contribution in [2.24, 2.45) is 0 Å². The molecule has 0 unspecified atom stereocenters. The number of benzene rings is 6. The van der Waals surface area contributed by atoms with Crippen LogP contribution in [0.5, 0.6) is 0 Å². The van der Waals surface area contributed by atoms with E-state index in [0.29, 0.717) is 10.8 Å². The molecule has 0 N–H and O–H groups in total. The molecule has 0 aliphatic heterocycles. The first kappa shape index (κ1) is 8.76. The third-order valence-corrected chi connectivity index (χ3v) is 5.31. The maximum Gasteiger partial charge on any atom is 0.0629 e. The summed E-state index contributed by atoms with van der Waals surface area (Å²) in [4.78, 5) is 0. The van der Waals surface area contributed by atoms with Gasteiger partial charge in [-0.1, -0.05) is 127 Å². The van der Waals surface area contributed by atoms with Crippen molar-refractivity contribution in [1.82, 2.24) is 0 Å². The van der Waals surface area contributed by atoms with Crippen molar-refractivity contribution in [3.05, 3.63) is 133 Å². The van der Waals surface area contributed by atoms with Crippen molar-refractivity contribution in [2.45, 2.75) is 0 Å². The van der Waals surface area contributed by atoms with Gasteiger partial charge in [-0.25, -0.2) is 0 Å². The molecule has 0 radical (unpaired) electrons. The van der Waals surface area contributed by atoms with Crippen LogP contribution in [0.2, 0.25) is 0 Å². The molecule has 6 aromatic carbocycles. The van der Waals surface area contributed by atoms with E-state index < -0.39 is 90.6 Å². The topological polar surface area (TPSA) is 0 Å². The Morgan fingerprint density at radius 2 is 0.812 bits per heavy atom. The van der Waals surface area contributed by atoms with Crippen molar-refractivity contribution < 1.29 is 20.6 Å². The van der Waals surface area contributed by atoms with Gasteiger partial charge in [0, 0.05) is 0 Å². The van der Waals surface area contributed by atoms with E-state index in [1.54, 1.807) is 24.3 Å². The number of fused-ring (bicyclic) bond motifs is 2. The molecule has 0 bridgehead atoms. The molecule has 0 saturated carbocycles. The van der Waals surface area contributed by atoms with Gasteiger partial charge in [-0.05, 0) is 61.0 Å². The Morgan fingerprint density at radius 1 is 0.375 bits per heavy atom. The first-order valence-corrected chi connectivity index (χ1v) is 9.82. The van der Waals surface area contributed by atoms with E-state index in [4.69, 9.17) is 20.6 Å². The fourth-order valence-corrected chi connectivity index (χ4v) is 4.02. The molecule has 0 atom stereocenters. The van der Waals surface area contributed by atoms with Crippen LogP contribution < -0.4 is 0 Å². The summed E-state index contributed by atoms with van der Waals surface area (Å²) in [6.07, 6.45) is 0. The summed E-state index contributed by atoms with van der Waals surface area (Å²) < 4.78 is 126. The normalized spacial score (nSPS) is 17.7. The van der Waals surface area contributed by atoms with Crippen LogP contribution in [-0.4, -0.2) is 0 Å². The van der Waals surface area contributed by atoms with Crippen molar-refractivity contribution in [2.75, 3.05) is 0 Å². The Bertz CT molecular complexity index is 2270. The molecule has 0 amide bonds. The van der Waals surface area contributed by atoms with Crippen molar-refractivity contribution >= 4 is 21.5 Å². The molecular formula is C32H22. The minimum absolute atomic E-state index is 0.125. The van der Waals surface area contributed by atoms with Gasteiger partial charge in [0.1, 0.15) is 0 Å². The molecular weight excluding hydrogens is 384 g/mol. The highest BCUT2D eigenvalue weighted by atomic mass is 14.2. The Hall–Kier alpha value is -4.16. The Balaban J connectivity index is 1.92. The highest BCUT2D eigenvalue weighted by Crippen LogP contribution is 2.44.